The lowest BCUT2D eigenvalue weighted by Crippen LogP contribution is -2.26. The fourth-order valence-electron chi connectivity index (χ4n) is 3.41. The molecule has 4 aromatic rings. The summed E-state index contributed by atoms with van der Waals surface area (Å²) < 4.78 is 8.77. The lowest BCUT2D eigenvalue weighted by molar-refractivity contribution is -0.155. The van der Waals surface area contributed by atoms with Gasteiger partial charge >= 0.3 is 5.97 Å². The molecular weight excluding hydrogens is 382 g/mol. The van der Waals surface area contributed by atoms with E-state index in [1.54, 1.807) is 12.5 Å². The minimum atomic E-state index is -0.590. The number of aryl methyl sites for hydroxylation is 1. The van der Waals surface area contributed by atoms with Crippen molar-refractivity contribution in [3.8, 4) is 11.1 Å². The Hall–Kier alpha value is -3.55. The fourth-order valence-corrected chi connectivity index (χ4v) is 3.41. The van der Waals surface area contributed by atoms with Gasteiger partial charge in [-0.3, -0.25) is 14.3 Å². The monoisotopic (exact) mass is 405 g/mol. The van der Waals surface area contributed by atoms with Gasteiger partial charge in [-0.1, -0.05) is 6.07 Å². The summed E-state index contributed by atoms with van der Waals surface area (Å²) in [6.45, 7) is 6.83. The molecule has 8 nitrogen and oxygen atoms in total. The van der Waals surface area contributed by atoms with Crippen LogP contribution in [-0.2, 0) is 23.1 Å². The summed E-state index contributed by atoms with van der Waals surface area (Å²) in [5.74, 6) is -0.575. The molecule has 0 unspecified atom stereocenters. The van der Waals surface area contributed by atoms with Crippen LogP contribution in [0.25, 0.3) is 33.2 Å². The number of rotatable bonds is 4. The number of benzene rings is 1. The van der Waals surface area contributed by atoms with E-state index in [1.807, 2.05) is 56.7 Å². The first-order valence-electron chi connectivity index (χ1n) is 9.63. The van der Waals surface area contributed by atoms with Crippen molar-refractivity contribution in [3.63, 3.8) is 0 Å². The van der Waals surface area contributed by atoms with Crippen molar-refractivity contribution in [1.82, 2.24) is 24.3 Å². The summed E-state index contributed by atoms with van der Waals surface area (Å²) in [6.07, 6.45) is 3.50. The summed E-state index contributed by atoms with van der Waals surface area (Å²) in [5, 5.41) is 5.07. The van der Waals surface area contributed by atoms with Crippen LogP contribution in [0.4, 0.5) is 0 Å². The highest BCUT2D eigenvalue weighted by Crippen LogP contribution is 2.28. The second-order valence-electron chi connectivity index (χ2n) is 8.30. The highest BCUT2D eigenvalue weighted by molar-refractivity contribution is 6.06. The number of hydrogen-bond donors (Lipinski definition) is 0. The first kappa shape index (κ1) is 19.8. The SMILES string of the molecule is CC(=O)c1nn(CC(=O)OC(C)(C)C)c2ccc(-c3cnc4c(c3)ncn4C)cc12. The third kappa shape index (κ3) is 3.68. The number of fused-ring (bicyclic) bond motifs is 2. The molecule has 0 N–H and O–H groups in total. The highest BCUT2D eigenvalue weighted by atomic mass is 16.6. The van der Waals surface area contributed by atoms with E-state index in [4.69, 9.17) is 4.74 Å². The number of imidazole rings is 1. The minimum Gasteiger partial charge on any atom is -0.459 e. The number of hydrogen-bond acceptors (Lipinski definition) is 6. The maximum absolute atomic E-state index is 12.3. The molecule has 1 aromatic carbocycles. The van der Waals surface area contributed by atoms with Gasteiger partial charge in [0.2, 0.25) is 0 Å². The number of nitrogens with zero attached hydrogens (tertiary/aromatic N) is 5. The van der Waals surface area contributed by atoms with E-state index in [1.165, 1.54) is 11.6 Å². The van der Waals surface area contributed by atoms with Crippen molar-refractivity contribution < 1.29 is 14.3 Å². The van der Waals surface area contributed by atoms with Gasteiger partial charge in [0.15, 0.2) is 11.4 Å². The third-order valence-corrected chi connectivity index (χ3v) is 4.67. The average Bonchev–Trinajstić information content (AvgIpc) is 3.20. The Morgan fingerprint density at radius 3 is 2.57 bits per heavy atom. The second-order valence-corrected chi connectivity index (χ2v) is 8.30. The van der Waals surface area contributed by atoms with Crippen molar-refractivity contribution in [1.29, 1.82) is 0 Å². The van der Waals surface area contributed by atoms with Crippen LogP contribution in [0, 0.1) is 0 Å². The van der Waals surface area contributed by atoms with Gasteiger partial charge < -0.3 is 9.30 Å². The van der Waals surface area contributed by atoms with Gasteiger partial charge in [-0.25, -0.2) is 9.97 Å². The quantitative estimate of drug-likeness (QED) is 0.381. The number of carbonyl (C=O) groups is 2. The molecule has 0 atom stereocenters. The van der Waals surface area contributed by atoms with E-state index in [0.29, 0.717) is 16.6 Å². The molecule has 0 bridgehead atoms. The van der Waals surface area contributed by atoms with Crippen LogP contribution in [-0.4, -0.2) is 41.7 Å². The molecule has 30 heavy (non-hydrogen) atoms. The Kier molecular flexibility index (Phi) is 4.64. The van der Waals surface area contributed by atoms with Crippen LogP contribution in [0.15, 0.2) is 36.8 Å². The maximum Gasteiger partial charge on any atom is 0.328 e. The van der Waals surface area contributed by atoms with Crippen LogP contribution in [0.2, 0.25) is 0 Å². The van der Waals surface area contributed by atoms with E-state index < -0.39 is 11.6 Å². The van der Waals surface area contributed by atoms with Gasteiger partial charge in [0.25, 0.3) is 0 Å². The second kappa shape index (κ2) is 7.05. The topological polar surface area (TPSA) is 91.9 Å². The van der Waals surface area contributed by atoms with Crippen molar-refractivity contribution in [2.45, 2.75) is 39.8 Å². The Morgan fingerprint density at radius 2 is 1.87 bits per heavy atom. The zero-order valence-electron chi connectivity index (χ0n) is 17.6. The summed E-state index contributed by atoms with van der Waals surface area (Å²) in [5.41, 5.74) is 3.80. The van der Waals surface area contributed by atoms with E-state index in [0.717, 1.165) is 22.3 Å². The summed E-state index contributed by atoms with van der Waals surface area (Å²) >= 11 is 0. The number of ether oxygens (including phenoxy) is 1. The van der Waals surface area contributed by atoms with E-state index in [9.17, 15) is 9.59 Å². The largest absolute Gasteiger partial charge is 0.459 e. The first-order chi connectivity index (χ1) is 14.1. The minimum absolute atomic E-state index is 0.0676. The fraction of sp³-hybridized carbons (Fsp3) is 0.318. The van der Waals surface area contributed by atoms with Crippen molar-refractivity contribution in [2.24, 2.45) is 7.05 Å². The van der Waals surface area contributed by atoms with Crippen LogP contribution in [0.3, 0.4) is 0 Å². The number of carbonyl (C=O) groups excluding carboxylic acids is 2. The van der Waals surface area contributed by atoms with Crippen LogP contribution in [0.5, 0.6) is 0 Å². The number of ketones is 1. The standard InChI is InChI=1S/C22H23N5O3/c1-13(28)20-16-8-14(15-9-17-21(23-10-15)26(5)12-24-17)6-7-18(16)27(25-20)11-19(29)30-22(2,3)4/h6-10,12H,11H2,1-5H3. The first-order valence-corrected chi connectivity index (χ1v) is 9.63. The molecule has 3 heterocycles. The van der Waals surface area contributed by atoms with Gasteiger partial charge in [-0.2, -0.15) is 5.10 Å². The van der Waals surface area contributed by atoms with Gasteiger partial charge in [0.1, 0.15) is 23.4 Å². The van der Waals surface area contributed by atoms with Gasteiger partial charge in [0, 0.05) is 31.1 Å². The molecule has 0 saturated carbocycles. The molecule has 4 rings (SSSR count). The molecule has 3 aromatic heterocycles. The van der Waals surface area contributed by atoms with Crippen molar-refractivity contribution in [2.75, 3.05) is 0 Å². The normalized spacial score (nSPS) is 11.9. The van der Waals surface area contributed by atoms with Gasteiger partial charge in [-0.15, -0.1) is 0 Å². The molecule has 8 heteroatoms. The van der Waals surface area contributed by atoms with Crippen LogP contribution in [0.1, 0.15) is 38.2 Å². The van der Waals surface area contributed by atoms with Crippen LogP contribution >= 0.6 is 0 Å². The molecule has 154 valence electrons. The van der Waals surface area contributed by atoms with Crippen molar-refractivity contribution in [3.05, 3.63) is 42.5 Å². The third-order valence-electron chi connectivity index (χ3n) is 4.67. The Balaban J connectivity index is 1.76. The van der Waals surface area contributed by atoms with Crippen molar-refractivity contribution >= 4 is 33.8 Å². The zero-order chi connectivity index (χ0) is 21.6. The molecule has 0 fully saturated rings. The summed E-state index contributed by atoms with van der Waals surface area (Å²) in [7, 11) is 1.90. The predicted molar refractivity (Wildman–Crippen MR) is 113 cm³/mol. The smallest absolute Gasteiger partial charge is 0.328 e. The van der Waals surface area contributed by atoms with E-state index in [2.05, 4.69) is 15.1 Å². The van der Waals surface area contributed by atoms with Gasteiger partial charge in [-0.05, 0) is 44.5 Å². The average molecular weight is 405 g/mol. The molecule has 0 radical (unpaired) electrons. The molecule has 0 saturated heterocycles. The highest BCUT2D eigenvalue weighted by Gasteiger charge is 2.20. The number of pyridine rings is 1. The number of aromatic nitrogens is 5. The zero-order valence-corrected chi connectivity index (χ0v) is 17.6. The lowest BCUT2D eigenvalue weighted by Gasteiger charge is -2.19. The maximum atomic E-state index is 12.3. The Morgan fingerprint density at radius 1 is 1.10 bits per heavy atom. The Labute approximate surface area is 173 Å². The number of esters is 1. The predicted octanol–water partition coefficient (Wildman–Crippen LogP) is 3.53. The summed E-state index contributed by atoms with van der Waals surface area (Å²) in [4.78, 5) is 33.3. The summed E-state index contributed by atoms with van der Waals surface area (Å²) in [6, 6.07) is 7.64. The molecular formula is C22H23N5O3. The molecule has 0 amide bonds. The lowest BCUT2D eigenvalue weighted by atomic mass is 10.0. The van der Waals surface area contributed by atoms with Crippen LogP contribution < -0.4 is 0 Å². The molecule has 0 aliphatic rings. The van der Waals surface area contributed by atoms with E-state index in [-0.39, 0.29) is 12.3 Å². The molecule has 0 aliphatic carbocycles. The molecule has 0 spiro atoms. The van der Waals surface area contributed by atoms with E-state index >= 15 is 0 Å². The number of Topliss-reactive ketones (excluding diaryl/α,β-unsaturated/α-hetero) is 1. The Bertz CT molecular complexity index is 1290. The van der Waals surface area contributed by atoms with Gasteiger partial charge in [0.05, 0.1) is 11.8 Å². The molecule has 0 aliphatic heterocycles.